The van der Waals surface area contributed by atoms with Crippen molar-refractivity contribution in [3.05, 3.63) is 84.6 Å². The van der Waals surface area contributed by atoms with Gasteiger partial charge < -0.3 is 10.6 Å². The van der Waals surface area contributed by atoms with E-state index in [2.05, 4.69) is 34.1 Å². The van der Waals surface area contributed by atoms with Crippen LogP contribution >= 0.6 is 0 Å². The van der Waals surface area contributed by atoms with Gasteiger partial charge in [-0.2, -0.15) is 0 Å². The molecule has 3 rings (SSSR count). The van der Waals surface area contributed by atoms with Crippen molar-refractivity contribution in [2.45, 2.75) is 13.3 Å². The number of aryl methyl sites for hydroxylation is 1. The summed E-state index contributed by atoms with van der Waals surface area (Å²) in [7, 11) is 0. The summed E-state index contributed by atoms with van der Waals surface area (Å²) in [5.41, 5.74) is 3.10. The largest absolute Gasteiger partial charge is 0.366 e. The van der Waals surface area contributed by atoms with Gasteiger partial charge in [-0.05, 0) is 24.1 Å². The number of rotatable bonds is 7. The molecule has 3 aromatic rings. The zero-order valence-corrected chi connectivity index (χ0v) is 15.3. The summed E-state index contributed by atoms with van der Waals surface area (Å²) in [4.78, 5) is 21.7. The fourth-order valence-corrected chi connectivity index (χ4v) is 2.57. The van der Waals surface area contributed by atoms with Crippen LogP contribution in [0.25, 0.3) is 11.4 Å². The van der Waals surface area contributed by atoms with Crippen molar-refractivity contribution >= 4 is 17.4 Å². The van der Waals surface area contributed by atoms with Crippen LogP contribution in [0.1, 0.15) is 23.0 Å². The standard InChI is InChI=1S/C22H22N4O/c1-3-14-23-20-15-19(25-21(26-20)17-8-6-5-7-9-17)22(27)24-18-12-10-16(4-2)11-13-18/h3,5-13,15H,1,4,14H2,2H3,(H,24,27)(H,23,25,26). The highest BCUT2D eigenvalue weighted by Gasteiger charge is 2.13. The third-order valence-electron chi connectivity index (χ3n) is 4.04. The van der Waals surface area contributed by atoms with Crippen molar-refractivity contribution in [1.82, 2.24) is 9.97 Å². The summed E-state index contributed by atoms with van der Waals surface area (Å²) in [5.74, 6) is 0.798. The smallest absolute Gasteiger partial charge is 0.274 e. The normalized spacial score (nSPS) is 10.3. The van der Waals surface area contributed by atoms with E-state index in [1.807, 2.05) is 54.6 Å². The van der Waals surface area contributed by atoms with Crippen molar-refractivity contribution in [1.29, 1.82) is 0 Å². The Bertz CT molecular complexity index is 921. The summed E-state index contributed by atoms with van der Waals surface area (Å²) >= 11 is 0. The third-order valence-corrected chi connectivity index (χ3v) is 4.04. The predicted octanol–water partition coefficient (Wildman–Crippen LogP) is 4.56. The van der Waals surface area contributed by atoms with Crippen molar-refractivity contribution in [3.8, 4) is 11.4 Å². The predicted molar refractivity (Wildman–Crippen MR) is 110 cm³/mol. The first kappa shape index (κ1) is 18.3. The second kappa shape index (κ2) is 8.76. The maximum atomic E-state index is 12.7. The lowest BCUT2D eigenvalue weighted by Gasteiger charge is -2.10. The number of benzene rings is 2. The fraction of sp³-hybridized carbons (Fsp3) is 0.136. The minimum atomic E-state index is -0.277. The van der Waals surface area contributed by atoms with Gasteiger partial charge in [0.15, 0.2) is 5.82 Å². The van der Waals surface area contributed by atoms with E-state index in [1.54, 1.807) is 12.1 Å². The molecule has 27 heavy (non-hydrogen) atoms. The summed E-state index contributed by atoms with van der Waals surface area (Å²) in [6, 6.07) is 19.0. The molecule has 5 heteroatoms. The zero-order chi connectivity index (χ0) is 19.1. The number of nitrogens with one attached hydrogen (secondary N) is 2. The highest BCUT2D eigenvalue weighted by atomic mass is 16.1. The summed E-state index contributed by atoms with van der Waals surface area (Å²) in [5, 5.41) is 6.02. The molecule has 2 aromatic carbocycles. The van der Waals surface area contributed by atoms with E-state index in [9.17, 15) is 4.79 Å². The van der Waals surface area contributed by atoms with E-state index in [1.165, 1.54) is 5.56 Å². The van der Waals surface area contributed by atoms with Crippen LogP contribution in [0.5, 0.6) is 0 Å². The van der Waals surface area contributed by atoms with Gasteiger partial charge in [0.05, 0.1) is 0 Å². The van der Waals surface area contributed by atoms with E-state index >= 15 is 0 Å². The van der Waals surface area contributed by atoms with E-state index < -0.39 is 0 Å². The molecule has 0 aliphatic carbocycles. The van der Waals surface area contributed by atoms with E-state index in [0.717, 1.165) is 17.7 Å². The minimum absolute atomic E-state index is 0.277. The number of carbonyl (C=O) groups is 1. The molecule has 1 heterocycles. The van der Waals surface area contributed by atoms with Crippen LogP contribution in [0.3, 0.4) is 0 Å². The number of hydrogen-bond donors (Lipinski definition) is 2. The monoisotopic (exact) mass is 358 g/mol. The van der Waals surface area contributed by atoms with Crippen LogP contribution in [0.4, 0.5) is 11.5 Å². The van der Waals surface area contributed by atoms with Crippen molar-refractivity contribution in [2.75, 3.05) is 17.2 Å². The van der Waals surface area contributed by atoms with Gasteiger partial charge >= 0.3 is 0 Å². The number of amides is 1. The molecule has 0 spiro atoms. The maximum Gasteiger partial charge on any atom is 0.274 e. The van der Waals surface area contributed by atoms with Crippen LogP contribution in [0.2, 0.25) is 0 Å². The topological polar surface area (TPSA) is 66.9 Å². The molecule has 0 aliphatic rings. The second-order valence-electron chi connectivity index (χ2n) is 6.00. The average molecular weight is 358 g/mol. The van der Waals surface area contributed by atoms with Crippen LogP contribution < -0.4 is 10.6 Å². The van der Waals surface area contributed by atoms with Gasteiger partial charge in [-0.1, -0.05) is 55.5 Å². The third kappa shape index (κ3) is 4.79. The average Bonchev–Trinajstić information content (AvgIpc) is 2.73. The number of carbonyl (C=O) groups excluding carboxylic acids is 1. The summed E-state index contributed by atoms with van der Waals surface area (Å²) < 4.78 is 0. The second-order valence-corrected chi connectivity index (χ2v) is 6.00. The molecule has 136 valence electrons. The Labute approximate surface area is 159 Å². The van der Waals surface area contributed by atoms with Gasteiger partial charge in [0, 0.05) is 23.9 Å². The van der Waals surface area contributed by atoms with Crippen molar-refractivity contribution < 1.29 is 4.79 Å². The van der Waals surface area contributed by atoms with Gasteiger partial charge in [-0.3, -0.25) is 4.79 Å². The first-order valence-electron chi connectivity index (χ1n) is 8.89. The molecule has 0 fully saturated rings. The molecular weight excluding hydrogens is 336 g/mol. The molecule has 0 radical (unpaired) electrons. The van der Waals surface area contributed by atoms with E-state index in [0.29, 0.717) is 23.9 Å². The quantitative estimate of drug-likeness (QED) is 0.608. The number of nitrogens with zero attached hydrogens (tertiary/aromatic N) is 2. The van der Waals surface area contributed by atoms with E-state index in [4.69, 9.17) is 0 Å². The SMILES string of the molecule is C=CCNc1cc(C(=O)Nc2ccc(CC)cc2)nc(-c2ccccc2)n1. The lowest BCUT2D eigenvalue weighted by molar-refractivity contribution is 0.102. The molecule has 2 N–H and O–H groups in total. The highest BCUT2D eigenvalue weighted by molar-refractivity contribution is 6.03. The molecular formula is C22H22N4O. The summed E-state index contributed by atoms with van der Waals surface area (Å²) in [6.07, 6.45) is 2.69. The molecule has 0 saturated carbocycles. The van der Waals surface area contributed by atoms with Crippen molar-refractivity contribution in [3.63, 3.8) is 0 Å². The Morgan fingerprint density at radius 1 is 1.07 bits per heavy atom. The van der Waals surface area contributed by atoms with E-state index in [-0.39, 0.29) is 5.91 Å². The minimum Gasteiger partial charge on any atom is -0.366 e. The Morgan fingerprint density at radius 2 is 1.81 bits per heavy atom. The Kier molecular flexibility index (Phi) is 5.94. The first-order chi connectivity index (χ1) is 13.2. The number of hydrogen-bond acceptors (Lipinski definition) is 4. The fourth-order valence-electron chi connectivity index (χ4n) is 2.57. The van der Waals surface area contributed by atoms with Gasteiger partial charge in [-0.25, -0.2) is 9.97 Å². The molecule has 0 aliphatic heterocycles. The first-order valence-corrected chi connectivity index (χ1v) is 8.89. The van der Waals surface area contributed by atoms with Gasteiger partial charge in [0.25, 0.3) is 5.91 Å². The molecule has 1 aromatic heterocycles. The molecule has 0 atom stereocenters. The van der Waals surface area contributed by atoms with Crippen LogP contribution in [-0.2, 0) is 6.42 Å². The Balaban J connectivity index is 1.89. The van der Waals surface area contributed by atoms with Gasteiger partial charge in [0.1, 0.15) is 11.5 Å². The van der Waals surface area contributed by atoms with Crippen molar-refractivity contribution in [2.24, 2.45) is 0 Å². The lowest BCUT2D eigenvalue weighted by Crippen LogP contribution is -2.15. The zero-order valence-electron chi connectivity index (χ0n) is 15.3. The van der Waals surface area contributed by atoms with Crippen LogP contribution in [-0.4, -0.2) is 22.4 Å². The molecule has 1 amide bonds. The molecule has 0 unspecified atom stereocenters. The summed E-state index contributed by atoms with van der Waals surface area (Å²) in [6.45, 7) is 6.34. The Hall–Kier alpha value is -3.47. The highest BCUT2D eigenvalue weighted by Crippen LogP contribution is 2.19. The lowest BCUT2D eigenvalue weighted by atomic mass is 10.1. The number of anilines is 2. The molecule has 0 saturated heterocycles. The maximum absolute atomic E-state index is 12.7. The van der Waals surface area contributed by atoms with Crippen LogP contribution in [0.15, 0.2) is 73.3 Å². The van der Waals surface area contributed by atoms with Gasteiger partial charge in [-0.15, -0.1) is 6.58 Å². The Morgan fingerprint density at radius 3 is 2.48 bits per heavy atom. The van der Waals surface area contributed by atoms with Gasteiger partial charge in [0.2, 0.25) is 0 Å². The molecule has 0 bridgehead atoms. The molecule has 5 nitrogen and oxygen atoms in total. The van der Waals surface area contributed by atoms with Crippen LogP contribution in [0, 0.1) is 0 Å². The number of aromatic nitrogens is 2.